The van der Waals surface area contributed by atoms with Crippen molar-refractivity contribution >= 4 is 21.6 Å². The minimum atomic E-state index is -3.71. The average Bonchev–Trinajstić information content (AvgIpc) is 3.48. The lowest BCUT2D eigenvalue weighted by molar-refractivity contribution is 0.260. The van der Waals surface area contributed by atoms with E-state index in [1.165, 1.54) is 23.3 Å². The first-order valence-electron chi connectivity index (χ1n) is 10.9. The summed E-state index contributed by atoms with van der Waals surface area (Å²) in [5, 5.41) is 12.0. The van der Waals surface area contributed by atoms with Crippen LogP contribution in [0.1, 0.15) is 53.0 Å². The van der Waals surface area contributed by atoms with Gasteiger partial charge in [-0.05, 0) is 97.4 Å². The molecule has 31 heavy (non-hydrogen) atoms. The maximum absolute atomic E-state index is 14.8. The first kappa shape index (κ1) is 20.6. The summed E-state index contributed by atoms with van der Waals surface area (Å²) in [4.78, 5) is 12.5. The minimum Gasteiger partial charge on any atom is -0.316 e. The zero-order valence-corrected chi connectivity index (χ0v) is 18.2. The Morgan fingerprint density at radius 2 is 1.84 bits per heavy atom. The Kier molecular flexibility index (Phi) is 5.32. The van der Waals surface area contributed by atoms with Crippen LogP contribution in [-0.4, -0.2) is 23.3 Å². The summed E-state index contributed by atoms with van der Waals surface area (Å²) in [6, 6.07) is 5.97. The van der Waals surface area contributed by atoms with Crippen LogP contribution in [-0.2, 0) is 35.6 Å². The second-order valence-electron chi connectivity index (χ2n) is 8.70. The number of nitrogens with one attached hydrogen (secondary N) is 2. The highest BCUT2D eigenvalue weighted by Gasteiger charge is 2.26. The van der Waals surface area contributed by atoms with Crippen LogP contribution >= 0.6 is 0 Å². The van der Waals surface area contributed by atoms with Gasteiger partial charge in [-0.15, -0.1) is 4.36 Å². The van der Waals surface area contributed by atoms with Gasteiger partial charge in [0.25, 0.3) is 0 Å². The summed E-state index contributed by atoms with van der Waals surface area (Å²) in [5.74, 6) is -0.463. The molecule has 1 saturated heterocycles. The quantitative estimate of drug-likeness (QED) is 0.674. The molecule has 2 amide bonds. The van der Waals surface area contributed by atoms with Crippen molar-refractivity contribution in [2.45, 2.75) is 55.8 Å². The number of fused-ring (bicyclic) bond motifs is 2. The number of carbonyl (C=O) groups is 1. The van der Waals surface area contributed by atoms with E-state index in [1.54, 1.807) is 6.07 Å². The Labute approximate surface area is 182 Å². The molecule has 1 aliphatic heterocycles. The summed E-state index contributed by atoms with van der Waals surface area (Å²) < 4.78 is 31.5. The third-order valence-corrected chi connectivity index (χ3v) is 8.12. The number of carbonyl (C=O) groups excluding carboxylic acids is 1. The molecule has 3 aliphatic rings. The van der Waals surface area contributed by atoms with Gasteiger partial charge in [-0.1, -0.05) is 12.1 Å². The third kappa shape index (κ3) is 3.88. The minimum absolute atomic E-state index is 0.222. The van der Waals surface area contributed by atoms with Crippen LogP contribution < -0.4 is 15.8 Å². The van der Waals surface area contributed by atoms with Crippen LogP contribution in [0.25, 0.3) is 0 Å². The molecule has 2 atom stereocenters. The highest BCUT2D eigenvalue weighted by molar-refractivity contribution is 7.91. The molecular formula is C23H27FN4O2S. The molecule has 2 aromatic carbocycles. The first-order valence-corrected chi connectivity index (χ1v) is 12.5. The van der Waals surface area contributed by atoms with E-state index >= 15 is 0 Å². The summed E-state index contributed by atoms with van der Waals surface area (Å²) in [7, 11) is -3.71. The van der Waals surface area contributed by atoms with Gasteiger partial charge >= 0.3 is 6.03 Å². The van der Waals surface area contributed by atoms with Gasteiger partial charge in [0, 0.05) is 12.2 Å². The van der Waals surface area contributed by atoms with Crippen LogP contribution in [0.4, 0.5) is 14.9 Å². The van der Waals surface area contributed by atoms with Crippen LogP contribution in [0.15, 0.2) is 33.5 Å². The Morgan fingerprint density at radius 1 is 1.13 bits per heavy atom. The highest BCUT2D eigenvalue weighted by Crippen LogP contribution is 2.38. The number of benzene rings is 2. The van der Waals surface area contributed by atoms with Gasteiger partial charge < -0.3 is 10.6 Å². The number of aryl methyl sites for hydroxylation is 2. The van der Waals surface area contributed by atoms with Crippen molar-refractivity contribution in [1.82, 2.24) is 5.32 Å². The van der Waals surface area contributed by atoms with E-state index in [0.717, 1.165) is 80.4 Å². The van der Waals surface area contributed by atoms with Crippen molar-refractivity contribution in [3.05, 3.63) is 57.9 Å². The summed E-state index contributed by atoms with van der Waals surface area (Å²) in [6.07, 6.45) is 6.86. The number of nitrogens with two attached hydrogens (primary N) is 1. The van der Waals surface area contributed by atoms with E-state index in [4.69, 9.17) is 5.14 Å². The number of nitrogens with zero attached hydrogens (tertiary/aromatic N) is 1. The topological polar surface area (TPSA) is 96.6 Å². The number of amides is 2. The molecule has 1 heterocycles. The fraction of sp³-hybridized carbons (Fsp3) is 0.435. The number of hydrogen-bond acceptors (Lipinski definition) is 3. The predicted molar refractivity (Wildman–Crippen MR) is 119 cm³/mol. The third-order valence-electron chi connectivity index (χ3n) is 6.73. The number of urea groups is 1. The van der Waals surface area contributed by atoms with Crippen molar-refractivity contribution in [2.75, 3.05) is 18.4 Å². The molecule has 5 rings (SSSR count). The second kappa shape index (κ2) is 8.00. The zero-order chi connectivity index (χ0) is 21.6. The summed E-state index contributed by atoms with van der Waals surface area (Å²) in [5.41, 5.74) is 6.47. The Balaban J connectivity index is 1.43. The van der Waals surface area contributed by atoms with E-state index in [9.17, 15) is 13.4 Å². The normalized spacial score (nSPS) is 21.4. The second-order valence-corrected chi connectivity index (χ2v) is 10.5. The molecule has 8 heteroatoms. The van der Waals surface area contributed by atoms with E-state index in [-0.39, 0.29) is 10.8 Å². The van der Waals surface area contributed by atoms with Crippen LogP contribution in [0.5, 0.6) is 0 Å². The van der Waals surface area contributed by atoms with Crippen LogP contribution in [0, 0.1) is 5.82 Å². The lowest BCUT2D eigenvalue weighted by Crippen LogP contribution is -2.20. The van der Waals surface area contributed by atoms with Gasteiger partial charge in [0.15, 0.2) is 0 Å². The number of halogens is 1. The standard InChI is InChI=1S/C23H27FN4O2S/c24-20-12-14(17-9-10-26-13-17)7-8-21(20)31(25,30)28-23(29)27-22-18-5-1-3-15(18)11-16-4-2-6-19(16)22/h7-8,11-12,17,26H,1-6,9-10,13H2,(H3,25,27,28,29,30)/t17-,31+/m1/s1. The summed E-state index contributed by atoms with van der Waals surface area (Å²) in [6.45, 7) is 1.68. The molecule has 4 N–H and O–H groups in total. The van der Waals surface area contributed by atoms with Gasteiger partial charge in [-0.2, -0.15) is 0 Å². The zero-order valence-electron chi connectivity index (χ0n) is 17.4. The smallest absolute Gasteiger partial charge is 0.316 e. The number of anilines is 1. The Morgan fingerprint density at radius 3 is 2.45 bits per heavy atom. The van der Waals surface area contributed by atoms with Gasteiger partial charge in [-0.25, -0.2) is 18.5 Å². The molecule has 6 nitrogen and oxygen atoms in total. The molecule has 2 aliphatic carbocycles. The molecule has 1 fully saturated rings. The molecule has 0 saturated carbocycles. The largest absolute Gasteiger partial charge is 0.354 e. The van der Waals surface area contributed by atoms with Gasteiger partial charge in [0.05, 0.1) is 4.90 Å². The average molecular weight is 443 g/mol. The first-order chi connectivity index (χ1) is 14.9. The van der Waals surface area contributed by atoms with Crippen molar-refractivity contribution < 1.29 is 13.4 Å². The van der Waals surface area contributed by atoms with E-state index in [2.05, 4.69) is 21.1 Å². The maximum Gasteiger partial charge on any atom is 0.354 e. The molecule has 0 spiro atoms. The molecule has 0 unspecified atom stereocenters. The molecule has 0 aromatic heterocycles. The predicted octanol–water partition coefficient (Wildman–Crippen LogP) is 3.81. The Hall–Kier alpha value is -2.29. The molecule has 0 radical (unpaired) electrons. The van der Waals surface area contributed by atoms with E-state index in [0.29, 0.717) is 0 Å². The van der Waals surface area contributed by atoms with Gasteiger partial charge in [0.1, 0.15) is 15.7 Å². The fourth-order valence-electron chi connectivity index (χ4n) is 5.22. The van der Waals surface area contributed by atoms with Crippen molar-refractivity contribution in [2.24, 2.45) is 9.50 Å². The number of rotatable bonds is 3. The van der Waals surface area contributed by atoms with Crippen LogP contribution in [0.3, 0.4) is 0 Å². The summed E-state index contributed by atoms with van der Waals surface area (Å²) >= 11 is 0. The molecule has 2 aromatic rings. The van der Waals surface area contributed by atoms with Crippen molar-refractivity contribution in [3.8, 4) is 0 Å². The monoisotopic (exact) mass is 442 g/mol. The molecule has 164 valence electrons. The van der Waals surface area contributed by atoms with Crippen molar-refractivity contribution in [3.63, 3.8) is 0 Å². The Bertz CT molecular complexity index is 1150. The number of hydrogen-bond donors (Lipinski definition) is 3. The van der Waals surface area contributed by atoms with Gasteiger partial charge in [0.2, 0.25) is 0 Å². The SMILES string of the molecule is N[S@](=O)(=NC(=O)Nc1c2c(cc3c1CCC3)CCC2)c1ccc([C@@H]2CCNC2)cc1F. The van der Waals surface area contributed by atoms with Crippen LogP contribution in [0.2, 0.25) is 0 Å². The molecule has 0 bridgehead atoms. The van der Waals surface area contributed by atoms with Crippen molar-refractivity contribution in [1.29, 1.82) is 0 Å². The van der Waals surface area contributed by atoms with E-state index in [1.807, 2.05) is 0 Å². The van der Waals surface area contributed by atoms with E-state index < -0.39 is 21.8 Å². The lowest BCUT2D eigenvalue weighted by Gasteiger charge is -2.15. The highest BCUT2D eigenvalue weighted by atomic mass is 32.2. The fourth-order valence-corrected chi connectivity index (χ4v) is 6.21. The maximum atomic E-state index is 14.8. The lowest BCUT2D eigenvalue weighted by atomic mass is 9.98. The van der Waals surface area contributed by atoms with Gasteiger partial charge in [-0.3, -0.25) is 0 Å². The molecular weight excluding hydrogens is 415 g/mol.